The molecule has 0 unspecified atom stereocenters. The van der Waals surface area contributed by atoms with Crippen LogP contribution in [0.3, 0.4) is 0 Å². The Bertz CT molecular complexity index is 1740. The highest BCUT2D eigenvalue weighted by Gasteiger charge is 2.55. The van der Waals surface area contributed by atoms with E-state index in [-0.39, 0.29) is 33.5 Å². The lowest BCUT2D eigenvalue weighted by molar-refractivity contribution is -0.109. The van der Waals surface area contributed by atoms with Crippen molar-refractivity contribution in [3.8, 4) is 0 Å². The predicted octanol–water partition coefficient (Wildman–Crippen LogP) is 5.94. The van der Waals surface area contributed by atoms with Crippen LogP contribution in [0.25, 0.3) is 11.1 Å². The lowest BCUT2D eigenvalue weighted by Crippen LogP contribution is -2.49. The van der Waals surface area contributed by atoms with Crippen LogP contribution in [0.1, 0.15) is 105 Å². The zero-order valence-corrected chi connectivity index (χ0v) is 27.7. The van der Waals surface area contributed by atoms with Crippen LogP contribution in [-0.2, 0) is 15.6 Å². The van der Waals surface area contributed by atoms with Gasteiger partial charge in [0.1, 0.15) is 12.8 Å². The summed E-state index contributed by atoms with van der Waals surface area (Å²) in [7, 11) is 4.36. The number of allylic oxidation sites excluding steroid dienone is 2. The van der Waals surface area contributed by atoms with Gasteiger partial charge in [0.05, 0.1) is 16.6 Å². The normalized spacial score (nSPS) is 23.1. The minimum absolute atomic E-state index is 0.0413. The Morgan fingerprint density at radius 2 is 1.23 bits per heavy atom. The SMILES string of the molecule is Cc1c(C)c2c(c(C)c1C1=C(O)/C(=c3/c(C)c(C)c4c(c3C)C(C)(C)C(C)(C)[N+]=4C)C1=O)C(C)(C)C(C)(C)N2C. The molecular formula is C36H49N2O2+. The van der Waals surface area contributed by atoms with E-state index in [0.29, 0.717) is 11.1 Å². The minimum Gasteiger partial charge on any atom is -0.506 e. The van der Waals surface area contributed by atoms with Gasteiger partial charge >= 0.3 is 0 Å². The number of likely N-dealkylation sites (N-methyl/N-ethyl adjacent to an activating group) is 2. The number of benzene rings is 2. The molecule has 1 N–H and O–H groups in total. The zero-order valence-electron chi connectivity index (χ0n) is 27.7. The van der Waals surface area contributed by atoms with Crippen molar-refractivity contribution < 1.29 is 9.90 Å². The number of anilines is 1. The van der Waals surface area contributed by atoms with Crippen molar-refractivity contribution in [3.63, 3.8) is 0 Å². The van der Waals surface area contributed by atoms with Gasteiger partial charge in [0, 0.05) is 48.7 Å². The highest BCUT2D eigenvalue weighted by molar-refractivity contribution is 6.52. The molecule has 0 spiro atoms. The Labute approximate surface area is 241 Å². The summed E-state index contributed by atoms with van der Waals surface area (Å²) in [6, 6.07) is 0. The van der Waals surface area contributed by atoms with Crippen molar-refractivity contribution in [1.82, 2.24) is 4.58 Å². The summed E-state index contributed by atoms with van der Waals surface area (Å²) < 4.78 is 2.40. The van der Waals surface area contributed by atoms with Crippen LogP contribution in [0, 0.1) is 41.5 Å². The first kappa shape index (κ1) is 28.6. The van der Waals surface area contributed by atoms with Gasteiger partial charge in [-0.3, -0.25) is 4.79 Å². The van der Waals surface area contributed by atoms with E-state index in [1.54, 1.807) is 0 Å². The largest absolute Gasteiger partial charge is 0.506 e. The van der Waals surface area contributed by atoms with Gasteiger partial charge in [-0.05, 0) is 113 Å². The van der Waals surface area contributed by atoms with Gasteiger partial charge in [-0.15, -0.1) is 0 Å². The van der Waals surface area contributed by atoms with Crippen LogP contribution in [0.15, 0.2) is 5.76 Å². The number of Topliss-reactive ketones (excluding diaryl/α,β-unsaturated/α-hetero) is 1. The molecule has 214 valence electrons. The van der Waals surface area contributed by atoms with Gasteiger partial charge in [-0.25, -0.2) is 4.58 Å². The molecule has 0 saturated carbocycles. The third kappa shape index (κ3) is 2.88. The summed E-state index contributed by atoms with van der Waals surface area (Å²) in [5, 5.41) is 14.0. The number of aliphatic hydroxyl groups excluding tert-OH is 1. The molecule has 0 bridgehead atoms. The molecule has 1 aliphatic carbocycles. The molecule has 0 amide bonds. The van der Waals surface area contributed by atoms with E-state index < -0.39 is 0 Å². The van der Waals surface area contributed by atoms with Crippen molar-refractivity contribution in [2.45, 2.75) is 119 Å². The molecular weight excluding hydrogens is 492 g/mol. The van der Waals surface area contributed by atoms with E-state index in [2.05, 4.69) is 121 Å². The van der Waals surface area contributed by atoms with Gasteiger partial charge in [-0.2, -0.15) is 0 Å². The van der Waals surface area contributed by atoms with Crippen molar-refractivity contribution in [1.29, 1.82) is 0 Å². The highest BCUT2D eigenvalue weighted by atomic mass is 16.3. The summed E-state index contributed by atoms with van der Waals surface area (Å²) in [5.74, 6) is 0.105. The molecule has 2 aliphatic heterocycles. The molecule has 4 heteroatoms. The minimum atomic E-state index is -0.126. The van der Waals surface area contributed by atoms with Crippen LogP contribution in [0.4, 0.5) is 5.69 Å². The fourth-order valence-electron chi connectivity index (χ4n) is 8.27. The van der Waals surface area contributed by atoms with E-state index in [9.17, 15) is 9.90 Å². The smallest absolute Gasteiger partial charge is 0.207 e. The molecule has 0 fully saturated rings. The molecule has 3 aliphatic rings. The maximum atomic E-state index is 14.2. The molecule has 4 nitrogen and oxygen atoms in total. The number of nitrogens with zero attached hydrogens (tertiary/aromatic N) is 2. The van der Waals surface area contributed by atoms with Gasteiger partial charge in [0.2, 0.25) is 11.1 Å². The topological polar surface area (TPSA) is 43.6 Å². The Morgan fingerprint density at radius 1 is 0.675 bits per heavy atom. The standard InChI is InChI=1S/C36H48N2O2/c1-17-19(3)29-27(33(7,8)35(11,12)37(29)15)21(5)23(17)25-31(39)26(32(25)40)24-18(2)20(4)30-28(22(24)6)34(9,10)36(13,14)38(30)16/h1-16H3/p+1. The number of fused-ring (bicyclic) bond motifs is 2. The fraction of sp³-hybridized carbons (Fsp3) is 0.556. The molecule has 2 aromatic carbocycles. The molecule has 40 heavy (non-hydrogen) atoms. The van der Waals surface area contributed by atoms with E-state index in [4.69, 9.17) is 0 Å². The van der Waals surface area contributed by atoms with E-state index >= 15 is 0 Å². The number of hydrogen-bond donors (Lipinski definition) is 1. The number of rotatable bonds is 1. The molecule has 2 heterocycles. The van der Waals surface area contributed by atoms with Gasteiger partial charge < -0.3 is 10.0 Å². The van der Waals surface area contributed by atoms with E-state index in [1.807, 2.05) is 0 Å². The summed E-state index contributed by atoms with van der Waals surface area (Å²) in [6.45, 7) is 31.2. The number of hydrogen-bond acceptors (Lipinski definition) is 3. The van der Waals surface area contributed by atoms with Crippen molar-refractivity contribution in [3.05, 3.63) is 66.4 Å². The quantitative estimate of drug-likeness (QED) is 0.455. The molecule has 5 rings (SSSR count). The second-order valence-electron chi connectivity index (χ2n) is 14.9. The van der Waals surface area contributed by atoms with Gasteiger partial charge in [0.25, 0.3) is 0 Å². The predicted molar refractivity (Wildman–Crippen MR) is 168 cm³/mol. The first-order chi connectivity index (χ1) is 18.1. The summed E-state index contributed by atoms with van der Waals surface area (Å²) in [5.41, 5.74) is 12.0. The Balaban J connectivity index is 1.87. The van der Waals surface area contributed by atoms with Crippen molar-refractivity contribution >= 4 is 22.6 Å². The number of ketones is 1. The average Bonchev–Trinajstić information content (AvgIpc) is 3.09. The van der Waals surface area contributed by atoms with E-state index in [0.717, 1.165) is 33.0 Å². The summed E-state index contributed by atoms with van der Waals surface area (Å²) in [4.78, 5) is 16.6. The molecule has 2 aromatic rings. The van der Waals surface area contributed by atoms with E-state index in [1.165, 1.54) is 33.3 Å². The first-order valence-corrected chi connectivity index (χ1v) is 14.7. The Kier molecular flexibility index (Phi) is 5.65. The van der Waals surface area contributed by atoms with Crippen LogP contribution in [-0.4, -0.2) is 36.1 Å². The first-order valence-electron chi connectivity index (χ1n) is 14.7. The lowest BCUT2D eigenvalue weighted by Gasteiger charge is -2.41. The second kappa shape index (κ2) is 7.89. The Morgan fingerprint density at radius 3 is 1.75 bits per heavy atom. The van der Waals surface area contributed by atoms with Crippen LogP contribution < -0.4 is 20.1 Å². The Hall–Kier alpha value is -2.88. The van der Waals surface area contributed by atoms with Gasteiger partial charge in [-0.1, -0.05) is 13.8 Å². The number of carbonyl (C=O) groups is 1. The average molecular weight is 542 g/mol. The molecule has 0 aromatic heterocycles. The lowest BCUT2D eigenvalue weighted by atomic mass is 9.68. The number of aliphatic hydroxyl groups is 1. The maximum Gasteiger partial charge on any atom is 0.207 e. The van der Waals surface area contributed by atoms with Crippen molar-refractivity contribution in [2.75, 3.05) is 19.0 Å². The monoisotopic (exact) mass is 541 g/mol. The van der Waals surface area contributed by atoms with Crippen molar-refractivity contribution in [2.24, 2.45) is 0 Å². The maximum absolute atomic E-state index is 14.2. The number of carbonyl (C=O) groups excluding carboxylic acids is 1. The van der Waals surface area contributed by atoms with Crippen LogP contribution >= 0.6 is 0 Å². The van der Waals surface area contributed by atoms with Crippen LogP contribution in [0.2, 0.25) is 0 Å². The zero-order chi connectivity index (χ0) is 30.4. The third-order valence-electron chi connectivity index (χ3n) is 12.6. The highest BCUT2D eigenvalue weighted by Crippen LogP contribution is 2.56. The fourth-order valence-corrected chi connectivity index (χ4v) is 8.27. The van der Waals surface area contributed by atoms with Crippen LogP contribution in [0.5, 0.6) is 0 Å². The second-order valence-corrected chi connectivity index (χ2v) is 14.9. The molecule has 0 atom stereocenters. The summed E-state index contributed by atoms with van der Waals surface area (Å²) in [6.07, 6.45) is 0. The molecule has 0 radical (unpaired) electrons. The third-order valence-corrected chi connectivity index (χ3v) is 12.6. The van der Waals surface area contributed by atoms with Gasteiger partial charge in [0.15, 0.2) is 5.54 Å². The summed E-state index contributed by atoms with van der Waals surface area (Å²) >= 11 is 0. The molecule has 0 saturated heterocycles.